The topological polar surface area (TPSA) is 74.3 Å². The molecule has 2 N–H and O–H groups in total. The minimum atomic E-state index is -0.885. The minimum absolute atomic E-state index is 0.291. The fourth-order valence-corrected chi connectivity index (χ4v) is 5.20. The summed E-state index contributed by atoms with van der Waals surface area (Å²) < 4.78 is 0. The number of carbonyl (C=O) groups excluding carboxylic acids is 1. The Morgan fingerprint density at radius 2 is 1.88 bits per heavy atom. The van der Waals surface area contributed by atoms with E-state index in [1.54, 1.807) is 6.34 Å². The van der Waals surface area contributed by atoms with Crippen LogP contribution in [0.1, 0.15) is 32.1 Å². The third kappa shape index (κ3) is 2.34. The van der Waals surface area contributed by atoms with Crippen LogP contribution in [0, 0.1) is 5.41 Å². The first-order chi connectivity index (χ1) is 12.1. The lowest BCUT2D eigenvalue weighted by molar-refractivity contribution is -0.132. The molecule has 2 aliphatic heterocycles. The molecule has 2 aliphatic carbocycles. The number of piperazine rings is 1. The second-order valence-electron chi connectivity index (χ2n) is 7.69. The molecule has 1 saturated carbocycles. The Kier molecular flexibility index (Phi) is 4.12. The monoisotopic (exact) mass is 341 g/mol. The molecule has 25 heavy (non-hydrogen) atoms. The molecule has 4 rings (SSSR count). The smallest absolute Gasteiger partial charge is 0.235 e. The summed E-state index contributed by atoms with van der Waals surface area (Å²) in [6, 6.07) is 0. The van der Waals surface area contributed by atoms with Gasteiger partial charge < -0.3 is 10.6 Å². The Bertz CT molecular complexity index is 678. The SMILES string of the molecule is CN1CCN(C2(C3(C(N)=O)C=CC=C4N=CN=C43)CCCCC2)CC1. The van der Waals surface area contributed by atoms with Crippen molar-refractivity contribution < 1.29 is 4.79 Å². The van der Waals surface area contributed by atoms with Gasteiger partial charge in [-0.2, -0.15) is 0 Å². The minimum Gasteiger partial charge on any atom is -0.369 e. The molecule has 2 fully saturated rings. The van der Waals surface area contributed by atoms with E-state index in [0.717, 1.165) is 63.3 Å². The molecule has 0 aromatic carbocycles. The summed E-state index contributed by atoms with van der Waals surface area (Å²) in [5, 5.41) is 0. The number of likely N-dealkylation sites (N-methyl/N-ethyl adjacent to an activating group) is 1. The largest absolute Gasteiger partial charge is 0.369 e. The molecule has 2 heterocycles. The number of aliphatic imine (C=N–C) groups is 2. The van der Waals surface area contributed by atoms with Crippen LogP contribution in [-0.4, -0.2) is 66.5 Å². The number of carbonyl (C=O) groups is 1. The molecule has 1 unspecified atom stereocenters. The number of hydrogen-bond donors (Lipinski definition) is 1. The van der Waals surface area contributed by atoms with Gasteiger partial charge in [0.25, 0.3) is 0 Å². The van der Waals surface area contributed by atoms with Crippen molar-refractivity contribution in [3.05, 3.63) is 23.9 Å². The van der Waals surface area contributed by atoms with E-state index in [1.165, 1.54) is 6.42 Å². The van der Waals surface area contributed by atoms with Crippen molar-refractivity contribution in [1.82, 2.24) is 9.80 Å². The Hall–Kier alpha value is -1.79. The average molecular weight is 341 g/mol. The number of primary amides is 1. The molecular formula is C19H27N5O. The molecule has 1 saturated heterocycles. The first-order valence-corrected chi connectivity index (χ1v) is 9.34. The van der Waals surface area contributed by atoms with Crippen molar-refractivity contribution in [1.29, 1.82) is 0 Å². The van der Waals surface area contributed by atoms with E-state index in [1.807, 2.05) is 18.2 Å². The zero-order chi connectivity index (χ0) is 17.5. The van der Waals surface area contributed by atoms with Gasteiger partial charge in [0.2, 0.25) is 5.91 Å². The van der Waals surface area contributed by atoms with Crippen LogP contribution in [-0.2, 0) is 4.79 Å². The summed E-state index contributed by atoms with van der Waals surface area (Å²) in [7, 11) is 2.16. The van der Waals surface area contributed by atoms with E-state index in [9.17, 15) is 4.79 Å². The number of nitrogens with zero attached hydrogens (tertiary/aromatic N) is 4. The van der Waals surface area contributed by atoms with Crippen LogP contribution >= 0.6 is 0 Å². The van der Waals surface area contributed by atoms with Crippen LogP contribution < -0.4 is 5.73 Å². The number of hydrogen-bond acceptors (Lipinski definition) is 5. The fraction of sp³-hybridized carbons (Fsp3) is 0.632. The van der Waals surface area contributed by atoms with Crippen molar-refractivity contribution in [3.8, 4) is 0 Å². The Balaban J connectivity index is 1.83. The van der Waals surface area contributed by atoms with Gasteiger partial charge >= 0.3 is 0 Å². The van der Waals surface area contributed by atoms with Crippen LogP contribution in [0.3, 0.4) is 0 Å². The van der Waals surface area contributed by atoms with Gasteiger partial charge in [0.15, 0.2) is 0 Å². The predicted octanol–water partition coefficient (Wildman–Crippen LogP) is 1.34. The van der Waals surface area contributed by atoms with Gasteiger partial charge in [-0.25, -0.2) is 9.98 Å². The van der Waals surface area contributed by atoms with Crippen LogP contribution in [0.25, 0.3) is 0 Å². The van der Waals surface area contributed by atoms with Crippen molar-refractivity contribution >= 4 is 18.0 Å². The second kappa shape index (κ2) is 6.18. The highest BCUT2D eigenvalue weighted by Crippen LogP contribution is 2.51. The van der Waals surface area contributed by atoms with Crippen LogP contribution in [0.15, 0.2) is 33.9 Å². The summed E-state index contributed by atoms with van der Waals surface area (Å²) >= 11 is 0. The maximum absolute atomic E-state index is 13.0. The summed E-state index contributed by atoms with van der Waals surface area (Å²) in [5.41, 5.74) is 6.49. The summed E-state index contributed by atoms with van der Waals surface area (Å²) in [4.78, 5) is 26.8. The molecule has 0 aromatic rings. The lowest BCUT2D eigenvalue weighted by Gasteiger charge is -2.57. The normalized spacial score (nSPS) is 32.2. The standard InChI is InChI=1S/C19H27N5O/c1-23-10-12-24(13-11-23)18(7-3-2-4-8-18)19(17(20)25)9-5-6-15-16(19)22-14-21-15/h5-6,9,14H,2-4,7-8,10-13H2,1H3,(H2,20,25). The number of fused-ring (bicyclic) bond motifs is 1. The predicted molar refractivity (Wildman–Crippen MR) is 99.7 cm³/mol. The summed E-state index contributed by atoms with van der Waals surface area (Å²) in [6.07, 6.45) is 12.9. The molecule has 4 aliphatic rings. The van der Waals surface area contributed by atoms with Crippen LogP contribution in [0.5, 0.6) is 0 Å². The number of nitrogens with two attached hydrogens (primary N) is 1. The quantitative estimate of drug-likeness (QED) is 0.842. The Labute approximate surface area is 149 Å². The third-order valence-corrected chi connectivity index (χ3v) is 6.51. The molecule has 6 nitrogen and oxygen atoms in total. The highest BCUT2D eigenvalue weighted by atomic mass is 16.1. The summed E-state index contributed by atoms with van der Waals surface area (Å²) in [6.45, 7) is 3.97. The van der Waals surface area contributed by atoms with Crippen molar-refractivity contribution in [2.75, 3.05) is 33.2 Å². The van der Waals surface area contributed by atoms with Crippen molar-refractivity contribution in [2.45, 2.75) is 37.6 Å². The first kappa shape index (κ1) is 16.7. The molecule has 6 heteroatoms. The second-order valence-corrected chi connectivity index (χ2v) is 7.69. The first-order valence-electron chi connectivity index (χ1n) is 9.34. The van der Waals surface area contributed by atoms with E-state index in [2.05, 4.69) is 26.8 Å². The van der Waals surface area contributed by atoms with Gasteiger partial charge in [-0.3, -0.25) is 9.69 Å². The van der Waals surface area contributed by atoms with E-state index in [0.29, 0.717) is 0 Å². The third-order valence-electron chi connectivity index (χ3n) is 6.51. The highest BCUT2D eigenvalue weighted by Gasteiger charge is 2.61. The summed E-state index contributed by atoms with van der Waals surface area (Å²) in [5.74, 6) is -0.292. The zero-order valence-corrected chi connectivity index (χ0v) is 14.9. The van der Waals surface area contributed by atoms with Gasteiger partial charge in [-0.1, -0.05) is 31.4 Å². The maximum atomic E-state index is 13.0. The van der Waals surface area contributed by atoms with Gasteiger partial charge in [0.1, 0.15) is 11.8 Å². The molecule has 0 bridgehead atoms. The molecule has 1 amide bonds. The van der Waals surface area contributed by atoms with Gasteiger partial charge in [-0.15, -0.1) is 0 Å². The highest BCUT2D eigenvalue weighted by molar-refractivity contribution is 6.23. The molecule has 0 aromatic heterocycles. The maximum Gasteiger partial charge on any atom is 0.235 e. The van der Waals surface area contributed by atoms with Crippen LogP contribution in [0.4, 0.5) is 0 Å². The number of allylic oxidation sites excluding steroid dienone is 3. The average Bonchev–Trinajstić information content (AvgIpc) is 3.11. The van der Waals surface area contributed by atoms with Gasteiger partial charge in [0, 0.05) is 31.7 Å². The van der Waals surface area contributed by atoms with Gasteiger partial charge in [0.05, 0.1) is 11.4 Å². The van der Waals surface area contributed by atoms with Crippen molar-refractivity contribution in [3.63, 3.8) is 0 Å². The zero-order valence-electron chi connectivity index (χ0n) is 14.9. The van der Waals surface area contributed by atoms with Crippen LogP contribution in [0.2, 0.25) is 0 Å². The lowest BCUT2D eigenvalue weighted by atomic mass is 9.57. The molecular weight excluding hydrogens is 314 g/mol. The van der Waals surface area contributed by atoms with E-state index in [-0.39, 0.29) is 11.4 Å². The van der Waals surface area contributed by atoms with E-state index < -0.39 is 5.41 Å². The molecule has 0 spiro atoms. The fourth-order valence-electron chi connectivity index (χ4n) is 5.20. The number of rotatable bonds is 3. The van der Waals surface area contributed by atoms with Crippen molar-refractivity contribution in [2.24, 2.45) is 21.1 Å². The number of amides is 1. The molecule has 1 atom stereocenters. The Morgan fingerprint density at radius 1 is 1.16 bits per heavy atom. The van der Waals surface area contributed by atoms with E-state index in [4.69, 9.17) is 5.73 Å². The molecule has 134 valence electrons. The van der Waals surface area contributed by atoms with E-state index >= 15 is 0 Å². The Morgan fingerprint density at radius 3 is 2.56 bits per heavy atom. The molecule has 0 radical (unpaired) electrons. The van der Waals surface area contributed by atoms with Gasteiger partial charge in [-0.05, 0) is 26.0 Å². The lowest BCUT2D eigenvalue weighted by Crippen LogP contribution is -2.70.